The van der Waals surface area contributed by atoms with Crippen molar-refractivity contribution in [1.82, 2.24) is 9.29 Å². The van der Waals surface area contributed by atoms with Gasteiger partial charge in [-0.3, -0.25) is 4.79 Å². The first-order valence-corrected chi connectivity index (χ1v) is 11.5. The van der Waals surface area contributed by atoms with E-state index in [1.165, 1.54) is 15.6 Å². The molecule has 0 spiro atoms. The molecule has 1 aliphatic rings. The van der Waals surface area contributed by atoms with Gasteiger partial charge in [-0.25, -0.2) is 13.4 Å². The van der Waals surface area contributed by atoms with Crippen LogP contribution in [0, 0.1) is 0 Å². The van der Waals surface area contributed by atoms with E-state index in [0.717, 1.165) is 23.1 Å². The second-order valence-electron chi connectivity index (χ2n) is 6.82. The second kappa shape index (κ2) is 7.98. The van der Waals surface area contributed by atoms with Crippen molar-refractivity contribution >= 4 is 42.6 Å². The fraction of sp³-hybridized carbons (Fsp3) is 0.300. The van der Waals surface area contributed by atoms with Crippen molar-refractivity contribution in [2.45, 2.75) is 36.6 Å². The van der Waals surface area contributed by atoms with Gasteiger partial charge in [0.05, 0.1) is 15.1 Å². The number of fused-ring (bicyclic) bond motifs is 1. The van der Waals surface area contributed by atoms with Gasteiger partial charge in [-0.1, -0.05) is 48.1 Å². The molecule has 1 unspecified atom stereocenters. The molecule has 1 atom stereocenters. The first-order chi connectivity index (χ1) is 13.5. The number of hydrogen-bond acceptors (Lipinski definition) is 5. The van der Waals surface area contributed by atoms with E-state index in [-0.39, 0.29) is 23.3 Å². The molecule has 0 bridgehead atoms. The quantitative estimate of drug-likeness (QED) is 0.686. The number of nitrogens with one attached hydrogen (secondary N) is 1. The van der Waals surface area contributed by atoms with E-state index in [1.807, 2.05) is 24.3 Å². The molecule has 2 heterocycles. The lowest BCUT2D eigenvalue weighted by atomic mass is 10.0. The number of hydrogen-bond donors (Lipinski definition) is 1. The fourth-order valence-corrected chi connectivity index (χ4v) is 6.13. The number of benzene rings is 2. The molecule has 28 heavy (non-hydrogen) atoms. The summed E-state index contributed by atoms with van der Waals surface area (Å²) in [5, 5.41) is 3.38. The SMILES string of the molecule is O=C(CC1CCCCN1S(=O)(=O)c1ccccc1)Nc1nc2ccccc2s1. The van der Waals surface area contributed by atoms with E-state index in [9.17, 15) is 13.2 Å². The predicted molar refractivity (Wildman–Crippen MR) is 111 cm³/mol. The minimum absolute atomic E-state index is 0.127. The number of anilines is 1. The fourth-order valence-electron chi connectivity index (χ4n) is 3.53. The van der Waals surface area contributed by atoms with E-state index < -0.39 is 10.0 Å². The molecule has 1 aromatic heterocycles. The van der Waals surface area contributed by atoms with E-state index in [0.29, 0.717) is 18.1 Å². The van der Waals surface area contributed by atoms with Crippen molar-refractivity contribution in [3.63, 3.8) is 0 Å². The van der Waals surface area contributed by atoms with Crippen molar-refractivity contribution in [1.29, 1.82) is 0 Å². The maximum atomic E-state index is 13.0. The van der Waals surface area contributed by atoms with Gasteiger partial charge in [-0.2, -0.15) is 4.31 Å². The number of nitrogens with zero attached hydrogens (tertiary/aromatic N) is 2. The minimum atomic E-state index is -3.61. The Morgan fingerprint density at radius 3 is 2.64 bits per heavy atom. The van der Waals surface area contributed by atoms with Crippen LogP contribution in [0.5, 0.6) is 0 Å². The van der Waals surface area contributed by atoms with Crippen LogP contribution in [0.1, 0.15) is 25.7 Å². The first kappa shape index (κ1) is 19.0. The lowest BCUT2D eigenvalue weighted by molar-refractivity contribution is -0.117. The smallest absolute Gasteiger partial charge is 0.243 e. The zero-order chi connectivity index (χ0) is 19.6. The molecule has 146 valence electrons. The summed E-state index contributed by atoms with van der Waals surface area (Å²) in [5.41, 5.74) is 0.841. The Hall–Kier alpha value is -2.29. The van der Waals surface area contributed by atoms with Gasteiger partial charge in [0.1, 0.15) is 0 Å². The second-order valence-corrected chi connectivity index (χ2v) is 9.74. The molecule has 1 aliphatic heterocycles. The Balaban J connectivity index is 1.49. The highest BCUT2D eigenvalue weighted by Crippen LogP contribution is 2.29. The third kappa shape index (κ3) is 3.94. The molecule has 0 saturated carbocycles. The number of rotatable bonds is 5. The van der Waals surface area contributed by atoms with E-state index >= 15 is 0 Å². The van der Waals surface area contributed by atoms with Crippen molar-refractivity contribution in [3.05, 3.63) is 54.6 Å². The van der Waals surface area contributed by atoms with Gasteiger partial charge < -0.3 is 5.32 Å². The Labute approximate surface area is 168 Å². The topological polar surface area (TPSA) is 79.4 Å². The zero-order valence-electron chi connectivity index (χ0n) is 15.2. The Morgan fingerprint density at radius 2 is 1.86 bits per heavy atom. The number of thiazole rings is 1. The van der Waals surface area contributed by atoms with Crippen LogP contribution >= 0.6 is 11.3 Å². The standard InChI is InChI=1S/C20H21N3O3S2/c24-19(22-20-21-17-11-4-5-12-18(17)27-20)14-15-8-6-7-13-23(15)28(25,26)16-9-2-1-3-10-16/h1-5,9-12,15H,6-8,13-14H2,(H,21,22,24). The van der Waals surface area contributed by atoms with Crippen molar-refractivity contribution in [2.75, 3.05) is 11.9 Å². The van der Waals surface area contributed by atoms with Crippen LogP contribution in [0.15, 0.2) is 59.5 Å². The summed E-state index contributed by atoms with van der Waals surface area (Å²) in [6, 6.07) is 15.8. The molecule has 4 rings (SSSR count). The number of sulfonamides is 1. The third-order valence-corrected chi connectivity index (χ3v) is 7.80. The van der Waals surface area contributed by atoms with E-state index in [2.05, 4.69) is 10.3 Å². The number of para-hydroxylation sites is 1. The summed E-state index contributed by atoms with van der Waals surface area (Å²) in [6.07, 6.45) is 2.53. The molecule has 8 heteroatoms. The summed E-state index contributed by atoms with van der Waals surface area (Å²) >= 11 is 1.42. The Kier molecular flexibility index (Phi) is 5.43. The molecule has 0 radical (unpaired) electrons. The maximum absolute atomic E-state index is 13.0. The highest BCUT2D eigenvalue weighted by atomic mass is 32.2. The summed E-state index contributed by atoms with van der Waals surface area (Å²) in [7, 11) is -3.61. The van der Waals surface area contributed by atoms with E-state index in [4.69, 9.17) is 0 Å². The summed E-state index contributed by atoms with van der Waals surface area (Å²) in [4.78, 5) is 17.3. The number of carbonyl (C=O) groups excluding carboxylic acids is 1. The molecule has 2 aromatic carbocycles. The number of amides is 1. The monoisotopic (exact) mass is 415 g/mol. The number of piperidine rings is 1. The van der Waals surface area contributed by atoms with Crippen LogP contribution in [-0.2, 0) is 14.8 Å². The molecule has 1 N–H and O–H groups in total. The zero-order valence-corrected chi connectivity index (χ0v) is 16.9. The van der Waals surface area contributed by atoms with Crippen LogP contribution in [0.3, 0.4) is 0 Å². The van der Waals surface area contributed by atoms with Crippen LogP contribution < -0.4 is 5.32 Å². The molecular formula is C20H21N3O3S2. The molecule has 1 amide bonds. The first-order valence-electron chi connectivity index (χ1n) is 9.26. The van der Waals surface area contributed by atoms with Crippen molar-refractivity contribution in [3.8, 4) is 0 Å². The third-order valence-electron chi connectivity index (χ3n) is 4.88. The van der Waals surface area contributed by atoms with Gasteiger partial charge in [0.25, 0.3) is 0 Å². The van der Waals surface area contributed by atoms with Gasteiger partial charge in [-0.05, 0) is 37.1 Å². The minimum Gasteiger partial charge on any atom is -0.302 e. The largest absolute Gasteiger partial charge is 0.302 e. The summed E-state index contributed by atoms with van der Waals surface area (Å²) in [6.45, 7) is 0.441. The predicted octanol–water partition coefficient (Wildman–Crippen LogP) is 3.87. The van der Waals surface area contributed by atoms with Gasteiger partial charge in [0.15, 0.2) is 5.13 Å². The molecule has 1 fully saturated rings. The molecule has 0 aliphatic carbocycles. The average Bonchev–Trinajstić information content (AvgIpc) is 3.11. The molecule has 1 saturated heterocycles. The lowest BCUT2D eigenvalue weighted by Gasteiger charge is -2.34. The van der Waals surface area contributed by atoms with Crippen LogP contribution in [-0.4, -0.2) is 36.2 Å². The van der Waals surface area contributed by atoms with Gasteiger partial charge in [0.2, 0.25) is 15.9 Å². The summed E-state index contributed by atoms with van der Waals surface area (Å²) in [5.74, 6) is -0.209. The molecule has 6 nitrogen and oxygen atoms in total. The van der Waals surface area contributed by atoms with Gasteiger partial charge in [-0.15, -0.1) is 0 Å². The van der Waals surface area contributed by atoms with Gasteiger partial charge in [0, 0.05) is 19.0 Å². The Bertz CT molecular complexity index is 1050. The average molecular weight is 416 g/mol. The molecular weight excluding hydrogens is 394 g/mol. The molecule has 3 aromatic rings. The van der Waals surface area contributed by atoms with Crippen molar-refractivity contribution in [2.24, 2.45) is 0 Å². The van der Waals surface area contributed by atoms with E-state index in [1.54, 1.807) is 30.3 Å². The van der Waals surface area contributed by atoms with Crippen LogP contribution in [0.25, 0.3) is 10.2 Å². The van der Waals surface area contributed by atoms with Crippen molar-refractivity contribution < 1.29 is 13.2 Å². The summed E-state index contributed by atoms with van der Waals surface area (Å²) < 4.78 is 28.6. The normalized spacial score (nSPS) is 18.2. The number of carbonyl (C=O) groups is 1. The van der Waals surface area contributed by atoms with Crippen LogP contribution in [0.4, 0.5) is 5.13 Å². The number of aromatic nitrogens is 1. The highest BCUT2D eigenvalue weighted by Gasteiger charge is 2.34. The Morgan fingerprint density at radius 1 is 1.11 bits per heavy atom. The van der Waals surface area contributed by atoms with Gasteiger partial charge >= 0.3 is 0 Å². The lowest BCUT2D eigenvalue weighted by Crippen LogP contribution is -2.45. The van der Waals surface area contributed by atoms with Crippen LogP contribution in [0.2, 0.25) is 0 Å². The highest BCUT2D eigenvalue weighted by molar-refractivity contribution is 7.89. The maximum Gasteiger partial charge on any atom is 0.243 e.